The van der Waals surface area contributed by atoms with E-state index in [1.54, 1.807) is 39.0 Å². The zero-order valence-corrected chi connectivity index (χ0v) is 13.0. The molecule has 1 N–H and O–H groups in total. The van der Waals surface area contributed by atoms with Gasteiger partial charge in [0.05, 0.1) is 0 Å². The van der Waals surface area contributed by atoms with Gasteiger partial charge in [-0.25, -0.2) is 9.59 Å². The first kappa shape index (κ1) is 15.6. The predicted molar refractivity (Wildman–Crippen MR) is 78.5 cm³/mol. The number of carboxylic acids is 1. The molecule has 0 aliphatic carbocycles. The van der Waals surface area contributed by atoms with Gasteiger partial charge in [-0.05, 0) is 50.5 Å². The molecular weight excluding hydrogens is 294 g/mol. The van der Waals surface area contributed by atoms with Crippen molar-refractivity contribution in [3.05, 3.63) is 34.3 Å². The number of benzene rings is 1. The molecule has 1 atom stereocenters. The molecule has 1 aliphatic rings. The topological polar surface area (TPSA) is 66.8 Å². The molecule has 1 aliphatic heterocycles. The number of amides is 1. The van der Waals surface area contributed by atoms with Crippen molar-refractivity contribution < 1.29 is 19.4 Å². The number of hydrogen-bond acceptors (Lipinski definition) is 3. The number of halogens is 1. The van der Waals surface area contributed by atoms with E-state index in [9.17, 15) is 14.7 Å². The maximum absolute atomic E-state index is 12.2. The summed E-state index contributed by atoms with van der Waals surface area (Å²) in [5.41, 5.74) is 0.771. The Morgan fingerprint density at radius 2 is 2.05 bits per heavy atom. The maximum Gasteiger partial charge on any atom is 0.411 e. The van der Waals surface area contributed by atoms with Crippen LogP contribution >= 0.6 is 11.6 Å². The summed E-state index contributed by atoms with van der Waals surface area (Å²) in [5.74, 6) is -1.09. The molecule has 0 spiro atoms. The Kier molecular flexibility index (Phi) is 4.14. The van der Waals surface area contributed by atoms with Crippen LogP contribution in [0.3, 0.4) is 0 Å². The Morgan fingerprint density at radius 3 is 2.62 bits per heavy atom. The van der Waals surface area contributed by atoms with Crippen LogP contribution in [-0.4, -0.2) is 34.2 Å². The van der Waals surface area contributed by atoms with E-state index in [-0.39, 0.29) is 0 Å². The van der Waals surface area contributed by atoms with Gasteiger partial charge in [0.2, 0.25) is 0 Å². The first-order valence-corrected chi connectivity index (χ1v) is 7.07. The largest absolute Gasteiger partial charge is 0.479 e. The van der Waals surface area contributed by atoms with E-state index in [0.29, 0.717) is 23.6 Å². The van der Waals surface area contributed by atoms with E-state index in [1.165, 1.54) is 4.90 Å². The molecule has 2 rings (SSSR count). The van der Waals surface area contributed by atoms with Crippen molar-refractivity contribution in [1.29, 1.82) is 0 Å². The smallest absolute Gasteiger partial charge is 0.411 e. The van der Waals surface area contributed by atoms with Gasteiger partial charge in [-0.1, -0.05) is 17.7 Å². The highest BCUT2D eigenvalue weighted by Crippen LogP contribution is 2.33. The average Bonchev–Trinajstić information content (AvgIpc) is 2.34. The molecule has 0 radical (unpaired) electrons. The molecule has 0 unspecified atom stereocenters. The molecule has 5 nitrogen and oxygen atoms in total. The number of nitrogens with zero attached hydrogens (tertiary/aromatic N) is 1. The summed E-state index contributed by atoms with van der Waals surface area (Å²) < 4.78 is 5.29. The van der Waals surface area contributed by atoms with Crippen LogP contribution in [-0.2, 0) is 16.0 Å². The number of carboxylic acid groups (broad SMARTS) is 1. The number of hydrogen-bond donors (Lipinski definition) is 1. The van der Waals surface area contributed by atoms with Crippen LogP contribution in [0.5, 0.6) is 0 Å². The quantitative estimate of drug-likeness (QED) is 0.864. The summed E-state index contributed by atoms with van der Waals surface area (Å²) in [7, 11) is 0. The summed E-state index contributed by atoms with van der Waals surface area (Å²) in [5, 5.41) is 9.95. The van der Waals surface area contributed by atoms with Crippen LogP contribution in [0.15, 0.2) is 18.2 Å². The van der Waals surface area contributed by atoms with Gasteiger partial charge >= 0.3 is 12.1 Å². The number of rotatable bonds is 1. The number of aliphatic carboxylic acids is 1. The normalized spacial score (nSPS) is 18.1. The molecule has 1 heterocycles. The molecule has 6 heteroatoms. The molecule has 1 amide bonds. The van der Waals surface area contributed by atoms with Crippen molar-refractivity contribution >= 4 is 23.7 Å². The van der Waals surface area contributed by atoms with Crippen molar-refractivity contribution in [1.82, 2.24) is 4.90 Å². The second kappa shape index (κ2) is 5.56. The third kappa shape index (κ3) is 3.47. The molecule has 114 valence electrons. The minimum Gasteiger partial charge on any atom is -0.479 e. The van der Waals surface area contributed by atoms with Crippen LogP contribution in [0.25, 0.3) is 0 Å². The molecule has 0 fully saturated rings. The van der Waals surface area contributed by atoms with Crippen LogP contribution < -0.4 is 0 Å². The van der Waals surface area contributed by atoms with Crippen LogP contribution in [0.4, 0.5) is 4.79 Å². The van der Waals surface area contributed by atoms with Crippen LogP contribution in [0.1, 0.15) is 37.9 Å². The summed E-state index contributed by atoms with van der Waals surface area (Å²) in [6.07, 6.45) is -0.0456. The standard InChI is InChI=1S/C15H18ClNO4/c1-15(2,3)21-14(20)17-7-6-9-4-5-10(16)8-11(9)12(17)13(18)19/h4-5,8,12H,6-7H2,1-3H3,(H,18,19)/t12-/m0/s1. The van der Waals surface area contributed by atoms with Gasteiger partial charge in [0.1, 0.15) is 5.60 Å². The van der Waals surface area contributed by atoms with Gasteiger partial charge in [0, 0.05) is 11.6 Å². The number of ether oxygens (including phenoxy) is 1. The third-order valence-electron chi connectivity index (χ3n) is 3.20. The summed E-state index contributed by atoms with van der Waals surface area (Å²) in [4.78, 5) is 25.1. The zero-order chi connectivity index (χ0) is 15.8. The van der Waals surface area contributed by atoms with E-state index in [1.807, 2.05) is 0 Å². The molecule has 0 aromatic heterocycles. The lowest BCUT2D eigenvalue weighted by molar-refractivity contribution is -0.143. The number of carbonyl (C=O) groups is 2. The minimum atomic E-state index is -1.09. The van der Waals surface area contributed by atoms with Gasteiger partial charge in [0.15, 0.2) is 6.04 Å². The van der Waals surface area contributed by atoms with E-state index in [4.69, 9.17) is 16.3 Å². The van der Waals surface area contributed by atoms with E-state index in [2.05, 4.69) is 0 Å². The Morgan fingerprint density at radius 1 is 1.38 bits per heavy atom. The highest BCUT2D eigenvalue weighted by molar-refractivity contribution is 6.30. The van der Waals surface area contributed by atoms with Crippen molar-refractivity contribution in [3.8, 4) is 0 Å². The molecule has 21 heavy (non-hydrogen) atoms. The van der Waals surface area contributed by atoms with E-state index >= 15 is 0 Å². The summed E-state index contributed by atoms with van der Waals surface area (Å²) in [6.45, 7) is 5.54. The molecule has 0 bridgehead atoms. The van der Waals surface area contributed by atoms with E-state index in [0.717, 1.165) is 5.56 Å². The lowest BCUT2D eigenvalue weighted by Gasteiger charge is -2.35. The summed E-state index contributed by atoms with van der Waals surface area (Å²) in [6, 6.07) is 4.07. The molecule has 0 saturated carbocycles. The first-order valence-electron chi connectivity index (χ1n) is 6.70. The average molecular weight is 312 g/mol. The zero-order valence-electron chi connectivity index (χ0n) is 12.2. The monoisotopic (exact) mass is 311 g/mol. The van der Waals surface area contributed by atoms with Crippen molar-refractivity contribution in [2.45, 2.75) is 38.8 Å². The van der Waals surface area contributed by atoms with Gasteiger partial charge in [-0.2, -0.15) is 0 Å². The highest BCUT2D eigenvalue weighted by atomic mass is 35.5. The summed E-state index contributed by atoms with van der Waals surface area (Å²) >= 11 is 5.95. The van der Waals surface area contributed by atoms with E-state index < -0.39 is 23.7 Å². The number of fused-ring (bicyclic) bond motifs is 1. The van der Waals surface area contributed by atoms with Crippen molar-refractivity contribution in [3.63, 3.8) is 0 Å². The molecular formula is C15H18ClNO4. The first-order chi connectivity index (χ1) is 9.69. The molecule has 0 saturated heterocycles. The lowest BCUT2D eigenvalue weighted by Crippen LogP contribution is -2.45. The predicted octanol–water partition coefficient (Wildman–Crippen LogP) is 3.26. The molecule has 1 aromatic carbocycles. The van der Waals surface area contributed by atoms with Crippen molar-refractivity contribution in [2.24, 2.45) is 0 Å². The van der Waals surface area contributed by atoms with Gasteiger partial charge < -0.3 is 9.84 Å². The Labute approximate surface area is 128 Å². The van der Waals surface area contributed by atoms with Crippen LogP contribution in [0.2, 0.25) is 5.02 Å². The fourth-order valence-corrected chi connectivity index (χ4v) is 2.55. The SMILES string of the molecule is CC(C)(C)OC(=O)N1CCc2ccc(Cl)cc2[C@H]1C(=O)O. The fourth-order valence-electron chi connectivity index (χ4n) is 2.37. The fraction of sp³-hybridized carbons (Fsp3) is 0.467. The number of carbonyl (C=O) groups excluding carboxylic acids is 1. The second-order valence-electron chi connectivity index (χ2n) is 6.01. The minimum absolute atomic E-state index is 0.306. The van der Waals surface area contributed by atoms with Gasteiger partial charge in [0.25, 0.3) is 0 Å². The van der Waals surface area contributed by atoms with Gasteiger partial charge in [-0.3, -0.25) is 4.90 Å². The lowest BCUT2D eigenvalue weighted by atomic mass is 9.93. The van der Waals surface area contributed by atoms with Crippen LogP contribution in [0, 0.1) is 0 Å². The Balaban J connectivity index is 2.36. The Bertz CT molecular complexity index is 580. The third-order valence-corrected chi connectivity index (χ3v) is 3.43. The Hall–Kier alpha value is -1.75. The molecule has 1 aromatic rings. The maximum atomic E-state index is 12.2. The second-order valence-corrected chi connectivity index (χ2v) is 6.44. The van der Waals surface area contributed by atoms with Crippen molar-refractivity contribution in [2.75, 3.05) is 6.54 Å². The highest BCUT2D eigenvalue weighted by Gasteiger charge is 2.38. The van der Waals surface area contributed by atoms with Gasteiger partial charge in [-0.15, -0.1) is 0 Å².